The first-order valence-corrected chi connectivity index (χ1v) is 4.12. The van der Waals surface area contributed by atoms with E-state index in [1.54, 1.807) is 0 Å². The molecule has 0 bridgehead atoms. The number of halogens is 3. The van der Waals surface area contributed by atoms with E-state index in [2.05, 4.69) is 4.85 Å². The molecule has 0 atom stereocenters. The fourth-order valence-corrected chi connectivity index (χ4v) is 1.21. The van der Waals surface area contributed by atoms with Gasteiger partial charge in [-0.2, -0.15) is 13.2 Å². The van der Waals surface area contributed by atoms with Gasteiger partial charge >= 0.3 is 6.18 Å². The second-order valence-corrected chi connectivity index (χ2v) is 3.21. The van der Waals surface area contributed by atoms with E-state index < -0.39 is 11.7 Å². The zero-order chi connectivity index (χ0) is 11.6. The van der Waals surface area contributed by atoms with Gasteiger partial charge in [0.25, 0.3) is 0 Å². The molecule has 5 heteroatoms. The number of alkyl halides is 3. The first-order valence-electron chi connectivity index (χ1n) is 4.12. The molecule has 0 heterocycles. The summed E-state index contributed by atoms with van der Waals surface area (Å²) < 4.78 is 37.8. The number of rotatable bonds is 1. The monoisotopic (exact) mass is 214 g/mol. The first-order chi connectivity index (χ1) is 6.86. The van der Waals surface area contributed by atoms with Crippen LogP contribution in [-0.4, -0.2) is 14.1 Å². The van der Waals surface area contributed by atoms with Gasteiger partial charge in [-0.3, -0.25) is 0 Å². The molecule has 1 rings (SSSR count). The summed E-state index contributed by atoms with van der Waals surface area (Å²) in [4.78, 5) is 4.35. The highest BCUT2D eigenvalue weighted by Crippen LogP contribution is 2.38. The van der Waals surface area contributed by atoms with Gasteiger partial charge in [0.15, 0.2) is 5.69 Å². The van der Waals surface area contributed by atoms with Crippen LogP contribution in [-0.2, 0) is 6.18 Å². The molecule has 0 fully saturated rings. The molecule has 2 nitrogen and oxygen atoms in total. The molecule has 0 unspecified atom stereocenters. The molecule has 1 aromatic rings. The van der Waals surface area contributed by atoms with Crippen molar-refractivity contribution in [2.45, 2.75) is 6.18 Å². The van der Waals surface area contributed by atoms with E-state index in [4.69, 9.17) is 6.57 Å². The van der Waals surface area contributed by atoms with Gasteiger partial charge in [0, 0.05) is 19.8 Å². The zero-order valence-corrected chi connectivity index (χ0v) is 8.26. The van der Waals surface area contributed by atoms with Crippen LogP contribution in [0.5, 0.6) is 0 Å². The number of hydrogen-bond donors (Lipinski definition) is 0. The highest BCUT2D eigenvalue weighted by atomic mass is 19.4. The van der Waals surface area contributed by atoms with Crippen LogP contribution in [0.25, 0.3) is 4.85 Å². The van der Waals surface area contributed by atoms with E-state index in [0.29, 0.717) is 0 Å². The third kappa shape index (κ3) is 2.40. The maximum Gasteiger partial charge on any atom is 0.417 e. The zero-order valence-electron chi connectivity index (χ0n) is 8.26. The first kappa shape index (κ1) is 11.4. The highest BCUT2D eigenvalue weighted by molar-refractivity contribution is 5.61. The summed E-state index contributed by atoms with van der Waals surface area (Å²) in [6.07, 6.45) is -4.43. The molecule has 0 saturated heterocycles. The Morgan fingerprint density at radius 2 is 1.87 bits per heavy atom. The van der Waals surface area contributed by atoms with E-state index in [1.807, 2.05) is 0 Å². The largest absolute Gasteiger partial charge is 0.417 e. The number of anilines is 1. The van der Waals surface area contributed by atoms with Gasteiger partial charge in [-0.1, -0.05) is 6.07 Å². The standard InChI is InChI=1S/C10H9F3N2/c1-14-7-4-5-9(15(2)3)8(6-7)10(11,12)13/h4-6H,2-3H3. The topological polar surface area (TPSA) is 7.60 Å². The SMILES string of the molecule is [C-]#[N+]c1ccc(N(C)C)c(C(F)(F)F)c1. The average molecular weight is 214 g/mol. The summed E-state index contributed by atoms with van der Waals surface area (Å²) >= 11 is 0. The molecule has 0 amide bonds. The Balaban J connectivity index is 3.37. The Bertz CT molecular complexity index is 402. The lowest BCUT2D eigenvalue weighted by Gasteiger charge is -2.19. The molecule has 1 aromatic carbocycles. The van der Waals surface area contributed by atoms with Crippen LogP contribution in [0.15, 0.2) is 18.2 Å². The van der Waals surface area contributed by atoms with E-state index in [9.17, 15) is 13.2 Å². The van der Waals surface area contributed by atoms with Crippen LogP contribution in [0.4, 0.5) is 24.5 Å². The van der Waals surface area contributed by atoms with Crippen LogP contribution >= 0.6 is 0 Å². The summed E-state index contributed by atoms with van der Waals surface area (Å²) in [5.74, 6) is 0. The molecular weight excluding hydrogens is 205 g/mol. The van der Waals surface area contributed by atoms with Crippen LogP contribution in [0.3, 0.4) is 0 Å². The lowest BCUT2D eigenvalue weighted by Crippen LogP contribution is -2.16. The number of benzene rings is 1. The van der Waals surface area contributed by atoms with Gasteiger partial charge in [0.05, 0.1) is 12.1 Å². The predicted octanol–water partition coefficient (Wildman–Crippen LogP) is 3.32. The van der Waals surface area contributed by atoms with Crippen LogP contribution in [0.1, 0.15) is 5.56 Å². The molecule has 0 N–H and O–H groups in total. The normalized spacial score (nSPS) is 10.9. The molecule has 0 saturated carbocycles. The van der Waals surface area contributed by atoms with E-state index >= 15 is 0 Å². The minimum absolute atomic E-state index is 0.00655. The van der Waals surface area contributed by atoms with Crippen molar-refractivity contribution in [3.05, 3.63) is 35.2 Å². The van der Waals surface area contributed by atoms with Crippen molar-refractivity contribution < 1.29 is 13.2 Å². The van der Waals surface area contributed by atoms with Crippen molar-refractivity contribution in [3.8, 4) is 0 Å². The molecular formula is C10H9F3N2. The maximum absolute atomic E-state index is 12.6. The lowest BCUT2D eigenvalue weighted by atomic mass is 10.1. The molecule has 0 aliphatic carbocycles. The van der Waals surface area contributed by atoms with Crippen molar-refractivity contribution in [2.24, 2.45) is 0 Å². The minimum Gasteiger partial charge on any atom is -0.377 e. The van der Waals surface area contributed by atoms with Crippen molar-refractivity contribution in [2.75, 3.05) is 19.0 Å². The van der Waals surface area contributed by atoms with E-state index in [1.165, 1.54) is 31.1 Å². The summed E-state index contributed by atoms with van der Waals surface area (Å²) in [6.45, 7) is 6.67. The van der Waals surface area contributed by atoms with Crippen LogP contribution in [0, 0.1) is 6.57 Å². The summed E-state index contributed by atoms with van der Waals surface area (Å²) in [6, 6.07) is 3.54. The lowest BCUT2D eigenvalue weighted by molar-refractivity contribution is -0.137. The van der Waals surface area contributed by atoms with Crippen molar-refractivity contribution in [1.29, 1.82) is 0 Å². The smallest absolute Gasteiger partial charge is 0.377 e. The molecule has 80 valence electrons. The van der Waals surface area contributed by atoms with Gasteiger partial charge in [-0.25, -0.2) is 4.85 Å². The average Bonchev–Trinajstić information content (AvgIpc) is 2.15. The predicted molar refractivity (Wildman–Crippen MR) is 52.0 cm³/mol. The van der Waals surface area contributed by atoms with Gasteiger partial charge < -0.3 is 4.90 Å². The molecule has 0 aliphatic rings. The van der Waals surface area contributed by atoms with Gasteiger partial charge in [0.2, 0.25) is 0 Å². The second kappa shape index (κ2) is 3.81. The summed E-state index contributed by atoms with van der Waals surface area (Å²) in [5.41, 5.74) is -0.719. The Labute approximate surface area is 85.8 Å². The third-order valence-electron chi connectivity index (χ3n) is 1.90. The molecule has 0 radical (unpaired) electrons. The molecule has 15 heavy (non-hydrogen) atoms. The van der Waals surface area contributed by atoms with Crippen molar-refractivity contribution in [3.63, 3.8) is 0 Å². The minimum atomic E-state index is -4.43. The Morgan fingerprint density at radius 3 is 2.27 bits per heavy atom. The molecule has 0 aromatic heterocycles. The van der Waals surface area contributed by atoms with Crippen molar-refractivity contribution in [1.82, 2.24) is 0 Å². The Hall–Kier alpha value is -1.70. The summed E-state index contributed by atoms with van der Waals surface area (Å²) in [7, 11) is 3.06. The van der Waals surface area contributed by atoms with Crippen molar-refractivity contribution >= 4 is 11.4 Å². The fraction of sp³-hybridized carbons (Fsp3) is 0.300. The molecule has 0 aliphatic heterocycles. The van der Waals surface area contributed by atoms with E-state index in [0.717, 1.165) is 6.07 Å². The maximum atomic E-state index is 12.6. The fourth-order valence-electron chi connectivity index (χ4n) is 1.21. The van der Waals surface area contributed by atoms with Gasteiger partial charge in [-0.15, -0.1) is 0 Å². The third-order valence-corrected chi connectivity index (χ3v) is 1.90. The highest BCUT2D eigenvalue weighted by Gasteiger charge is 2.34. The summed E-state index contributed by atoms with van der Waals surface area (Å²) in [5, 5.41) is 0. The van der Waals surface area contributed by atoms with Crippen LogP contribution < -0.4 is 4.90 Å². The number of nitrogens with zero attached hydrogens (tertiary/aromatic N) is 2. The van der Waals surface area contributed by atoms with Crippen LogP contribution in [0.2, 0.25) is 0 Å². The Morgan fingerprint density at radius 1 is 1.27 bits per heavy atom. The quantitative estimate of drug-likeness (QED) is 0.650. The van der Waals surface area contributed by atoms with Gasteiger partial charge in [-0.05, 0) is 12.1 Å². The van der Waals surface area contributed by atoms with E-state index in [-0.39, 0.29) is 11.4 Å². The Kier molecular flexibility index (Phi) is 2.89. The van der Waals surface area contributed by atoms with Gasteiger partial charge in [0.1, 0.15) is 0 Å². The number of hydrogen-bond acceptors (Lipinski definition) is 1. The molecule has 0 spiro atoms. The second-order valence-electron chi connectivity index (χ2n) is 3.21.